The molecule has 1 aliphatic rings. The number of hydrogen-bond acceptors (Lipinski definition) is 3. The molecule has 0 bridgehead atoms. The summed E-state index contributed by atoms with van der Waals surface area (Å²) in [7, 11) is -3.96. The molecule has 2 N–H and O–H groups in total. The van der Waals surface area contributed by atoms with E-state index < -0.39 is 27.7 Å². The van der Waals surface area contributed by atoms with Crippen LogP contribution in [-0.2, 0) is 14.8 Å². The summed E-state index contributed by atoms with van der Waals surface area (Å²) in [4.78, 5) is 10.9. The third kappa shape index (κ3) is 2.69. The Morgan fingerprint density at radius 1 is 1.35 bits per heavy atom. The van der Waals surface area contributed by atoms with Crippen molar-refractivity contribution in [3.63, 3.8) is 0 Å². The van der Waals surface area contributed by atoms with Crippen LogP contribution in [0.2, 0.25) is 0 Å². The zero-order chi connectivity index (χ0) is 14.9. The quantitative estimate of drug-likeness (QED) is 0.907. The average Bonchev–Trinajstić information content (AvgIpc) is 2.39. The average molecular weight is 300 g/mol. The van der Waals surface area contributed by atoms with Gasteiger partial charge in [0.15, 0.2) is 0 Å². The maximum absolute atomic E-state index is 13.7. The Kier molecular flexibility index (Phi) is 4.10. The first-order chi connectivity index (χ1) is 9.34. The Bertz CT molecular complexity index is 618. The van der Waals surface area contributed by atoms with Gasteiger partial charge in [-0.3, -0.25) is 4.79 Å². The first kappa shape index (κ1) is 14.9. The number of benzene rings is 1. The van der Waals surface area contributed by atoms with Gasteiger partial charge in [0.2, 0.25) is 15.9 Å². The summed E-state index contributed by atoms with van der Waals surface area (Å²) >= 11 is 0. The van der Waals surface area contributed by atoms with Crippen molar-refractivity contribution in [2.75, 3.05) is 6.54 Å². The number of sulfonamides is 1. The second kappa shape index (κ2) is 5.49. The molecule has 20 heavy (non-hydrogen) atoms. The molecule has 1 fully saturated rings. The maximum atomic E-state index is 13.7. The van der Waals surface area contributed by atoms with Gasteiger partial charge in [-0.1, -0.05) is 12.1 Å². The van der Waals surface area contributed by atoms with Crippen molar-refractivity contribution < 1.29 is 17.6 Å². The van der Waals surface area contributed by atoms with Gasteiger partial charge < -0.3 is 5.73 Å². The Labute approximate surface area is 117 Å². The van der Waals surface area contributed by atoms with Gasteiger partial charge in [-0.15, -0.1) is 0 Å². The SMILES string of the molecule is CC1CCC(C(N)=O)CN1S(=O)(=O)c1ccccc1F. The minimum Gasteiger partial charge on any atom is -0.369 e. The molecule has 7 heteroatoms. The highest BCUT2D eigenvalue weighted by atomic mass is 32.2. The molecule has 2 rings (SSSR count). The number of amides is 1. The highest BCUT2D eigenvalue weighted by molar-refractivity contribution is 7.89. The Morgan fingerprint density at radius 2 is 2.00 bits per heavy atom. The van der Waals surface area contributed by atoms with E-state index in [9.17, 15) is 17.6 Å². The van der Waals surface area contributed by atoms with Gasteiger partial charge in [0, 0.05) is 12.6 Å². The van der Waals surface area contributed by atoms with Crippen molar-refractivity contribution >= 4 is 15.9 Å². The van der Waals surface area contributed by atoms with Gasteiger partial charge in [0.1, 0.15) is 10.7 Å². The molecule has 2 unspecified atom stereocenters. The fourth-order valence-electron chi connectivity index (χ4n) is 2.42. The molecule has 1 aromatic carbocycles. The summed E-state index contributed by atoms with van der Waals surface area (Å²) in [5.41, 5.74) is 5.25. The number of nitrogens with two attached hydrogens (primary N) is 1. The number of hydrogen-bond donors (Lipinski definition) is 1. The zero-order valence-electron chi connectivity index (χ0n) is 11.1. The van der Waals surface area contributed by atoms with E-state index in [1.165, 1.54) is 22.5 Å². The first-order valence-corrected chi connectivity index (χ1v) is 7.83. The van der Waals surface area contributed by atoms with Crippen LogP contribution < -0.4 is 5.73 Å². The first-order valence-electron chi connectivity index (χ1n) is 6.39. The second-order valence-corrected chi connectivity index (χ2v) is 6.89. The smallest absolute Gasteiger partial charge is 0.246 e. The van der Waals surface area contributed by atoms with Gasteiger partial charge in [-0.05, 0) is 31.9 Å². The van der Waals surface area contributed by atoms with Crippen LogP contribution in [-0.4, -0.2) is 31.2 Å². The summed E-state index contributed by atoms with van der Waals surface area (Å²) in [6.45, 7) is 1.75. The molecule has 5 nitrogen and oxygen atoms in total. The molecule has 0 aliphatic carbocycles. The topological polar surface area (TPSA) is 80.5 Å². The normalized spacial score (nSPS) is 24.5. The van der Waals surface area contributed by atoms with E-state index in [2.05, 4.69) is 0 Å². The standard InChI is InChI=1S/C13H17FN2O3S/c1-9-6-7-10(13(15)17)8-16(9)20(18,19)12-5-3-2-4-11(12)14/h2-5,9-10H,6-8H2,1H3,(H2,15,17). The summed E-state index contributed by atoms with van der Waals surface area (Å²) in [6, 6.07) is 4.95. The number of nitrogens with zero attached hydrogens (tertiary/aromatic N) is 1. The predicted molar refractivity (Wildman–Crippen MR) is 71.7 cm³/mol. The van der Waals surface area contributed by atoms with Gasteiger partial charge >= 0.3 is 0 Å². The van der Waals surface area contributed by atoms with Gasteiger partial charge in [0.05, 0.1) is 5.92 Å². The Morgan fingerprint density at radius 3 is 2.60 bits per heavy atom. The third-order valence-corrected chi connectivity index (χ3v) is 5.66. The van der Waals surface area contributed by atoms with Crippen LogP contribution in [0.1, 0.15) is 19.8 Å². The van der Waals surface area contributed by atoms with E-state index in [0.717, 1.165) is 6.07 Å². The van der Waals surface area contributed by atoms with Crippen molar-refractivity contribution in [1.29, 1.82) is 0 Å². The number of rotatable bonds is 3. The van der Waals surface area contributed by atoms with Crippen molar-refractivity contribution in [3.8, 4) is 0 Å². The molecule has 1 aliphatic heterocycles. The summed E-state index contributed by atoms with van der Waals surface area (Å²) in [6.07, 6.45) is 1.08. The monoisotopic (exact) mass is 300 g/mol. The molecule has 0 spiro atoms. The van der Waals surface area contributed by atoms with Crippen LogP contribution >= 0.6 is 0 Å². The molecule has 110 valence electrons. The Hall–Kier alpha value is -1.47. The number of halogens is 1. The molecule has 0 aromatic heterocycles. The largest absolute Gasteiger partial charge is 0.369 e. The number of piperidine rings is 1. The van der Waals surface area contributed by atoms with Crippen molar-refractivity contribution in [1.82, 2.24) is 4.31 Å². The lowest BCUT2D eigenvalue weighted by molar-refractivity contribution is -0.123. The van der Waals surface area contributed by atoms with Crippen LogP contribution in [0.25, 0.3) is 0 Å². The van der Waals surface area contributed by atoms with Crippen molar-refractivity contribution in [2.45, 2.75) is 30.7 Å². The number of carbonyl (C=O) groups excluding carboxylic acids is 1. The molecular weight excluding hydrogens is 283 g/mol. The van der Waals surface area contributed by atoms with Crippen LogP contribution in [0, 0.1) is 11.7 Å². The molecule has 2 atom stereocenters. The van der Waals surface area contributed by atoms with E-state index in [-0.39, 0.29) is 17.5 Å². The van der Waals surface area contributed by atoms with Gasteiger partial charge in [-0.25, -0.2) is 12.8 Å². The van der Waals surface area contributed by atoms with E-state index in [4.69, 9.17) is 5.73 Å². The Balaban J connectivity index is 2.37. The van der Waals surface area contributed by atoms with Crippen molar-refractivity contribution in [3.05, 3.63) is 30.1 Å². The van der Waals surface area contributed by atoms with Crippen molar-refractivity contribution in [2.24, 2.45) is 11.7 Å². The molecule has 0 saturated carbocycles. The molecule has 1 heterocycles. The molecule has 0 radical (unpaired) electrons. The van der Waals surface area contributed by atoms with Crippen LogP contribution in [0.3, 0.4) is 0 Å². The van der Waals surface area contributed by atoms with E-state index in [1.807, 2.05) is 0 Å². The highest BCUT2D eigenvalue weighted by Crippen LogP contribution is 2.28. The van der Waals surface area contributed by atoms with Gasteiger partial charge in [0.25, 0.3) is 0 Å². The predicted octanol–water partition coefficient (Wildman–Crippen LogP) is 1.10. The minimum absolute atomic E-state index is 0.00711. The second-order valence-electron chi connectivity index (χ2n) is 5.03. The molecular formula is C13H17FN2O3S. The summed E-state index contributed by atoms with van der Waals surface area (Å²) < 4.78 is 39.9. The zero-order valence-corrected chi connectivity index (χ0v) is 11.9. The fraction of sp³-hybridized carbons (Fsp3) is 0.462. The molecule has 1 amide bonds. The van der Waals surface area contributed by atoms with E-state index >= 15 is 0 Å². The minimum atomic E-state index is -3.96. The van der Waals surface area contributed by atoms with Crippen LogP contribution in [0.5, 0.6) is 0 Å². The van der Waals surface area contributed by atoms with E-state index in [0.29, 0.717) is 12.8 Å². The maximum Gasteiger partial charge on any atom is 0.246 e. The molecule has 1 aromatic rings. The number of primary amides is 1. The lowest BCUT2D eigenvalue weighted by atomic mass is 9.95. The highest BCUT2D eigenvalue weighted by Gasteiger charge is 2.37. The third-order valence-electron chi connectivity index (χ3n) is 3.65. The van der Waals surface area contributed by atoms with E-state index in [1.54, 1.807) is 6.92 Å². The van der Waals surface area contributed by atoms with Gasteiger partial charge in [-0.2, -0.15) is 4.31 Å². The lowest BCUT2D eigenvalue weighted by Gasteiger charge is -2.35. The van der Waals surface area contributed by atoms with Crippen LogP contribution in [0.15, 0.2) is 29.2 Å². The summed E-state index contributed by atoms with van der Waals surface area (Å²) in [5, 5.41) is 0. The lowest BCUT2D eigenvalue weighted by Crippen LogP contribution is -2.48. The fourth-order valence-corrected chi connectivity index (χ4v) is 4.20. The molecule has 1 saturated heterocycles. The van der Waals surface area contributed by atoms with Crippen LogP contribution in [0.4, 0.5) is 4.39 Å². The summed E-state index contributed by atoms with van der Waals surface area (Å²) in [5.74, 6) is -1.83. The number of carbonyl (C=O) groups is 1.